The van der Waals surface area contributed by atoms with Crippen LogP contribution in [0.3, 0.4) is 0 Å². The Kier molecular flexibility index (Phi) is 6.76. The van der Waals surface area contributed by atoms with Crippen molar-refractivity contribution < 1.29 is 9.84 Å². The molecule has 2 N–H and O–H groups in total. The monoisotopic (exact) mass is 382 g/mol. The van der Waals surface area contributed by atoms with Crippen LogP contribution in [0, 0.1) is 19.3 Å². The molecular weight excluding hydrogens is 348 g/mol. The van der Waals surface area contributed by atoms with Crippen LogP contribution in [0.2, 0.25) is 0 Å². The summed E-state index contributed by atoms with van der Waals surface area (Å²) in [5.41, 5.74) is 4.52. The average molecular weight is 383 g/mol. The van der Waals surface area contributed by atoms with Crippen molar-refractivity contribution in [3.63, 3.8) is 0 Å². The van der Waals surface area contributed by atoms with Crippen molar-refractivity contribution in [2.24, 2.45) is 5.41 Å². The van der Waals surface area contributed by atoms with Crippen LogP contribution in [0.15, 0.2) is 42.5 Å². The van der Waals surface area contributed by atoms with Crippen LogP contribution in [-0.4, -0.2) is 42.8 Å². The lowest BCUT2D eigenvalue weighted by Crippen LogP contribution is -2.49. The summed E-state index contributed by atoms with van der Waals surface area (Å²) in [6.07, 6.45) is 0. The van der Waals surface area contributed by atoms with Gasteiger partial charge in [0.25, 0.3) is 0 Å². The van der Waals surface area contributed by atoms with Crippen molar-refractivity contribution in [2.75, 3.05) is 32.8 Å². The highest BCUT2D eigenvalue weighted by Gasteiger charge is 2.36. The Morgan fingerprint density at radius 2 is 1.68 bits per heavy atom. The molecule has 1 saturated heterocycles. The zero-order valence-corrected chi connectivity index (χ0v) is 17.7. The van der Waals surface area contributed by atoms with E-state index < -0.39 is 0 Å². The third kappa shape index (κ3) is 4.75. The van der Waals surface area contributed by atoms with Gasteiger partial charge in [-0.2, -0.15) is 0 Å². The van der Waals surface area contributed by atoms with Crippen LogP contribution in [0.4, 0.5) is 0 Å². The number of rotatable bonds is 7. The molecule has 2 aromatic carbocycles. The van der Waals surface area contributed by atoms with Crippen LogP contribution < -0.4 is 10.1 Å². The summed E-state index contributed by atoms with van der Waals surface area (Å²) in [5.74, 6) is 0.966. The first-order chi connectivity index (χ1) is 13.4. The molecule has 0 aliphatic carbocycles. The minimum absolute atomic E-state index is 0.159. The lowest BCUT2D eigenvalue weighted by molar-refractivity contribution is 0.0304. The van der Waals surface area contributed by atoms with E-state index in [-0.39, 0.29) is 18.1 Å². The minimum atomic E-state index is -0.220. The van der Waals surface area contributed by atoms with E-state index in [2.05, 4.69) is 62.2 Å². The lowest BCUT2D eigenvalue weighted by atomic mass is 9.79. The van der Waals surface area contributed by atoms with Gasteiger partial charge in [0.05, 0.1) is 0 Å². The molecule has 0 spiro atoms. The van der Waals surface area contributed by atoms with E-state index in [1.54, 1.807) is 0 Å². The lowest BCUT2D eigenvalue weighted by Gasteiger charge is -2.43. The Bertz CT molecular complexity index is 744. The first-order valence-electron chi connectivity index (χ1n) is 10.3. The molecule has 0 bridgehead atoms. The second-order valence-electron chi connectivity index (χ2n) is 8.59. The largest absolute Gasteiger partial charge is 0.488 e. The van der Waals surface area contributed by atoms with E-state index in [0.717, 1.165) is 43.1 Å². The van der Waals surface area contributed by atoms with Gasteiger partial charge in [0.1, 0.15) is 12.4 Å². The van der Waals surface area contributed by atoms with E-state index in [9.17, 15) is 5.11 Å². The van der Waals surface area contributed by atoms with Gasteiger partial charge < -0.3 is 15.2 Å². The zero-order valence-electron chi connectivity index (χ0n) is 17.7. The van der Waals surface area contributed by atoms with Gasteiger partial charge in [-0.05, 0) is 36.1 Å². The molecule has 2 aromatic rings. The van der Waals surface area contributed by atoms with Crippen molar-refractivity contribution >= 4 is 0 Å². The Morgan fingerprint density at radius 1 is 1.07 bits per heavy atom. The van der Waals surface area contributed by atoms with Crippen LogP contribution >= 0.6 is 0 Å². The summed E-state index contributed by atoms with van der Waals surface area (Å²) in [7, 11) is 0. The summed E-state index contributed by atoms with van der Waals surface area (Å²) in [5, 5.41) is 13.5. The second kappa shape index (κ2) is 9.08. The fraction of sp³-hybridized carbons (Fsp3) is 0.500. The quantitative estimate of drug-likeness (QED) is 0.764. The smallest absolute Gasteiger partial charge is 0.125 e. The highest BCUT2D eigenvalue weighted by molar-refractivity contribution is 5.45. The van der Waals surface area contributed by atoms with Crippen LogP contribution in [0.25, 0.3) is 0 Å². The summed E-state index contributed by atoms with van der Waals surface area (Å²) >= 11 is 0. The SMILES string of the molecule is Cc1cc([C@H](N2CCNCC2)C(C)(C)CO)cc(C)c1OCc1ccccc1. The molecule has 3 rings (SSSR count). The van der Waals surface area contributed by atoms with Crippen LogP contribution in [0.1, 0.15) is 42.1 Å². The number of benzene rings is 2. The molecule has 1 fully saturated rings. The van der Waals surface area contributed by atoms with Gasteiger partial charge in [-0.1, -0.05) is 56.3 Å². The molecule has 152 valence electrons. The van der Waals surface area contributed by atoms with Crippen molar-refractivity contribution in [1.82, 2.24) is 10.2 Å². The molecule has 1 atom stereocenters. The molecular formula is C24H34N2O2. The number of aliphatic hydroxyl groups is 1. The molecule has 0 amide bonds. The van der Waals surface area contributed by atoms with Crippen molar-refractivity contribution in [2.45, 2.75) is 40.3 Å². The van der Waals surface area contributed by atoms with E-state index in [0.29, 0.717) is 6.61 Å². The number of ether oxygens (including phenoxy) is 1. The Labute approximate surface area is 169 Å². The molecule has 0 unspecified atom stereocenters. The first-order valence-corrected chi connectivity index (χ1v) is 10.3. The minimum Gasteiger partial charge on any atom is -0.488 e. The summed E-state index contributed by atoms with van der Waals surface area (Å²) < 4.78 is 6.17. The Morgan fingerprint density at radius 3 is 2.25 bits per heavy atom. The molecule has 28 heavy (non-hydrogen) atoms. The Hall–Kier alpha value is -1.88. The summed E-state index contributed by atoms with van der Waals surface area (Å²) in [6, 6.07) is 14.9. The van der Waals surface area contributed by atoms with Crippen molar-refractivity contribution in [3.05, 3.63) is 64.7 Å². The van der Waals surface area contributed by atoms with Gasteiger partial charge in [0, 0.05) is 44.2 Å². The maximum absolute atomic E-state index is 10.1. The van der Waals surface area contributed by atoms with E-state index in [1.807, 2.05) is 18.2 Å². The van der Waals surface area contributed by atoms with Crippen LogP contribution in [-0.2, 0) is 6.61 Å². The topological polar surface area (TPSA) is 44.7 Å². The fourth-order valence-corrected chi connectivity index (χ4v) is 4.28. The molecule has 1 aliphatic rings. The predicted molar refractivity (Wildman–Crippen MR) is 115 cm³/mol. The average Bonchev–Trinajstić information content (AvgIpc) is 2.69. The van der Waals surface area contributed by atoms with Gasteiger partial charge in [-0.15, -0.1) is 0 Å². The number of aliphatic hydroxyl groups excluding tert-OH is 1. The number of aryl methyl sites for hydroxylation is 2. The van der Waals surface area contributed by atoms with E-state index in [1.165, 1.54) is 11.1 Å². The number of hydrogen-bond acceptors (Lipinski definition) is 4. The highest BCUT2D eigenvalue weighted by atomic mass is 16.5. The van der Waals surface area contributed by atoms with E-state index >= 15 is 0 Å². The number of nitrogens with one attached hydrogen (secondary N) is 1. The first kappa shape index (κ1) is 20.8. The third-order valence-corrected chi connectivity index (χ3v) is 5.69. The normalized spacial score (nSPS) is 16.8. The van der Waals surface area contributed by atoms with Gasteiger partial charge in [-0.3, -0.25) is 4.90 Å². The number of nitrogens with zero attached hydrogens (tertiary/aromatic N) is 1. The second-order valence-corrected chi connectivity index (χ2v) is 8.59. The standard InChI is InChI=1S/C24H34N2O2/c1-18-14-21(23(24(3,4)17-27)26-12-10-25-11-13-26)15-19(2)22(18)28-16-20-8-6-5-7-9-20/h5-9,14-15,23,25,27H,10-13,16-17H2,1-4H3/t23-/m0/s1. The Balaban J connectivity index is 1.87. The molecule has 0 saturated carbocycles. The summed E-state index contributed by atoms with van der Waals surface area (Å²) in [6.45, 7) is 13.3. The highest BCUT2D eigenvalue weighted by Crippen LogP contribution is 2.40. The molecule has 1 aliphatic heterocycles. The van der Waals surface area contributed by atoms with Gasteiger partial charge in [0.15, 0.2) is 0 Å². The van der Waals surface area contributed by atoms with Gasteiger partial charge >= 0.3 is 0 Å². The van der Waals surface area contributed by atoms with Crippen LogP contribution in [0.5, 0.6) is 5.75 Å². The molecule has 0 radical (unpaired) electrons. The van der Waals surface area contributed by atoms with Crippen molar-refractivity contribution in [3.8, 4) is 5.75 Å². The third-order valence-electron chi connectivity index (χ3n) is 5.69. The van der Waals surface area contributed by atoms with E-state index in [4.69, 9.17) is 4.74 Å². The summed E-state index contributed by atoms with van der Waals surface area (Å²) in [4.78, 5) is 2.51. The molecule has 1 heterocycles. The fourth-order valence-electron chi connectivity index (χ4n) is 4.28. The van der Waals surface area contributed by atoms with Gasteiger partial charge in [0.2, 0.25) is 0 Å². The van der Waals surface area contributed by atoms with Gasteiger partial charge in [-0.25, -0.2) is 0 Å². The number of hydrogen-bond donors (Lipinski definition) is 2. The predicted octanol–water partition coefficient (Wildman–Crippen LogP) is 3.85. The molecule has 4 nitrogen and oxygen atoms in total. The molecule has 4 heteroatoms. The molecule has 0 aromatic heterocycles. The number of piperazine rings is 1. The maximum atomic E-state index is 10.1. The maximum Gasteiger partial charge on any atom is 0.125 e. The van der Waals surface area contributed by atoms with Crippen molar-refractivity contribution in [1.29, 1.82) is 0 Å². The zero-order chi connectivity index (χ0) is 20.1.